The Bertz CT molecular complexity index is 456. The Morgan fingerprint density at radius 3 is 2.80 bits per heavy atom. The van der Waals surface area contributed by atoms with Gasteiger partial charge in [-0.3, -0.25) is 0 Å². The first-order chi connectivity index (χ1) is 7.20. The summed E-state index contributed by atoms with van der Waals surface area (Å²) >= 11 is 4.71. The van der Waals surface area contributed by atoms with Gasteiger partial charge in [0.2, 0.25) is 0 Å². The van der Waals surface area contributed by atoms with Gasteiger partial charge in [0.15, 0.2) is 0 Å². The summed E-state index contributed by atoms with van der Waals surface area (Å²) in [6.07, 6.45) is 0. The number of thiophene rings is 1. The van der Waals surface area contributed by atoms with Crippen molar-refractivity contribution in [3.63, 3.8) is 0 Å². The molecule has 2 rings (SSSR count). The lowest BCUT2D eigenvalue weighted by Crippen LogP contribution is -2.12. The Morgan fingerprint density at radius 2 is 2.13 bits per heavy atom. The highest BCUT2D eigenvalue weighted by atomic mass is 79.9. The second kappa shape index (κ2) is 4.43. The first-order valence-electron chi connectivity index (χ1n) is 4.41. The Labute approximate surface area is 99.9 Å². The van der Waals surface area contributed by atoms with E-state index in [9.17, 15) is 4.39 Å². The van der Waals surface area contributed by atoms with Crippen LogP contribution in [0.1, 0.15) is 17.2 Å². The van der Waals surface area contributed by atoms with Gasteiger partial charge in [-0.25, -0.2) is 4.39 Å². The van der Waals surface area contributed by atoms with Crippen molar-refractivity contribution in [2.75, 3.05) is 0 Å². The number of hydrogen-bond donors (Lipinski definition) is 1. The maximum absolute atomic E-state index is 13.7. The zero-order valence-electron chi connectivity index (χ0n) is 7.78. The summed E-state index contributed by atoms with van der Waals surface area (Å²) in [6.45, 7) is 0. The fourth-order valence-corrected chi connectivity index (χ4v) is 2.47. The SMILES string of the molecule is N[C@@H](c1ccsc1)c1cccc(Br)c1F. The van der Waals surface area contributed by atoms with Gasteiger partial charge in [0.25, 0.3) is 0 Å². The predicted octanol–water partition coefficient (Wildman–Crippen LogP) is 3.70. The van der Waals surface area contributed by atoms with Crippen molar-refractivity contribution in [1.29, 1.82) is 0 Å². The van der Waals surface area contributed by atoms with Gasteiger partial charge < -0.3 is 5.73 Å². The molecule has 2 N–H and O–H groups in total. The van der Waals surface area contributed by atoms with Crippen LogP contribution in [-0.4, -0.2) is 0 Å². The molecule has 2 aromatic rings. The molecule has 1 aromatic heterocycles. The van der Waals surface area contributed by atoms with Crippen LogP contribution in [0.25, 0.3) is 0 Å². The summed E-state index contributed by atoms with van der Waals surface area (Å²) in [5.41, 5.74) is 7.43. The summed E-state index contributed by atoms with van der Waals surface area (Å²) in [5.74, 6) is -0.281. The molecule has 0 bridgehead atoms. The topological polar surface area (TPSA) is 26.0 Å². The zero-order chi connectivity index (χ0) is 10.8. The molecule has 0 aliphatic carbocycles. The molecular formula is C11H9BrFNS. The quantitative estimate of drug-likeness (QED) is 0.895. The minimum absolute atomic E-state index is 0.281. The molecule has 1 aromatic carbocycles. The highest BCUT2D eigenvalue weighted by Crippen LogP contribution is 2.27. The molecule has 0 radical (unpaired) electrons. The van der Waals surface area contributed by atoms with Crippen LogP contribution in [0.5, 0.6) is 0 Å². The molecule has 0 aliphatic heterocycles. The van der Waals surface area contributed by atoms with Crippen LogP contribution in [0, 0.1) is 5.82 Å². The Hall–Kier alpha value is -0.710. The van der Waals surface area contributed by atoms with E-state index >= 15 is 0 Å². The second-order valence-corrected chi connectivity index (χ2v) is 4.81. The standard InChI is InChI=1S/C11H9BrFNS/c12-9-3-1-2-8(10(9)13)11(14)7-4-5-15-6-7/h1-6,11H,14H2/t11-/m0/s1. The van der Waals surface area contributed by atoms with Crippen molar-refractivity contribution in [2.24, 2.45) is 5.73 Å². The Morgan fingerprint density at radius 1 is 1.33 bits per heavy atom. The highest BCUT2D eigenvalue weighted by molar-refractivity contribution is 9.10. The van der Waals surface area contributed by atoms with Gasteiger partial charge in [-0.2, -0.15) is 11.3 Å². The monoisotopic (exact) mass is 285 g/mol. The third kappa shape index (κ3) is 2.12. The van der Waals surface area contributed by atoms with Gasteiger partial charge in [-0.15, -0.1) is 0 Å². The lowest BCUT2D eigenvalue weighted by molar-refractivity contribution is 0.593. The lowest BCUT2D eigenvalue weighted by atomic mass is 10.0. The maximum Gasteiger partial charge on any atom is 0.142 e. The molecule has 0 unspecified atom stereocenters. The van der Waals surface area contributed by atoms with Crippen LogP contribution < -0.4 is 5.73 Å². The predicted molar refractivity (Wildman–Crippen MR) is 64.4 cm³/mol. The van der Waals surface area contributed by atoms with E-state index in [0.717, 1.165) is 5.56 Å². The van der Waals surface area contributed by atoms with Crippen LogP contribution in [0.4, 0.5) is 4.39 Å². The minimum Gasteiger partial charge on any atom is -0.320 e. The fraction of sp³-hybridized carbons (Fsp3) is 0.0909. The summed E-state index contributed by atoms with van der Waals surface area (Å²) in [5, 5.41) is 3.87. The number of halogens is 2. The van der Waals surface area contributed by atoms with E-state index in [-0.39, 0.29) is 5.82 Å². The minimum atomic E-state index is -0.395. The molecule has 15 heavy (non-hydrogen) atoms. The van der Waals surface area contributed by atoms with E-state index < -0.39 is 6.04 Å². The largest absolute Gasteiger partial charge is 0.320 e. The molecule has 1 nitrogen and oxygen atoms in total. The van der Waals surface area contributed by atoms with E-state index in [4.69, 9.17) is 5.73 Å². The van der Waals surface area contributed by atoms with Crippen molar-refractivity contribution >= 4 is 27.3 Å². The van der Waals surface area contributed by atoms with Crippen LogP contribution >= 0.6 is 27.3 Å². The molecule has 0 amide bonds. The van der Waals surface area contributed by atoms with E-state index in [1.165, 1.54) is 0 Å². The van der Waals surface area contributed by atoms with E-state index in [1.54, 1.807) is 29.5 Å². The molecule has 0 saturated carbocycles. The van der Waals surface area contributed by atoms with Crippen molar-refractivity contribution in [2.45, 2.75) is 6.04 Å². The van der Waals surface area contributed by atoms with Crippen molar-refractivity contribution in [3.05, 3.63) is 56.4 Å². The van der Waals surface area contributed by atoms with E-state index in [1.807, 2.05) is 16.8 Å². The van der Waals surface area contributed by atoms with E-state index in [2.05, 4.69) is 15.9 Å². The van der Waals surface area contributed by atoms with Crippen molar-refractivity contribution in [1.82, 2.24) is 0 Å². The van der Waals surface area contributed by atoms with Gasteiger partial charge in [0, 0.05) is 5.56 Å². The molecule has 1 heterocycles. The van der Waals surface area contributed by atoms with Crippen LogP contribution in [0.15, 0.2) is 39.5 Å². The first kappa shape index (κ1) is 10.8. The van der Waals surface area contributed by atoms with Gasteiger partial charge in [0.05, 0.1) is 10.5 Å². The summed E-state index contributed by atoms with van der Waals surface area (Å²) < 4.78 is 14.2. The van der Waals surface area contributed by atoms with Crippen LogP contribution in [-0.2, 0) is 0 Å². The molecule has 4 heteroatoms. The normalized spacial score (nSPS) is 12.7. The smallest absolute Gasteiger partial charge is 0.142 e. The number of benzene rings is 1. The summed E-state index contributed by atoms with van der Waals surface area (Å²) in [4.78, 5) is 0. The van der Waals surface area contributed by atoms with E-state index in [0.29, 0.717) is 10.0 Å². The molecule has 0 aliphatic rings. The molecule has 0 saturated heterocycles. The molecule has 78 valence electrons. The summed E-state index contributed by atoms with van der Waals surface area (Å²) in [7, 11) is 0. The summed E-state index contributed by atoms with van der Waals surface area (Å²) in [6, 6.07) is 6.68. The molecule has 0 fully saturated rings. The third-order valence-electron chi connectivity index (χ3n) is 2.22. The number of nitrogens with two attached hydrogens (primary N) is 1. The first-order valence-corrected chi connectivity index (χ1v) is 6.15. The zero-order valence-corrected chi connectivity index (χ0v) is 10.2. The van der Waals surface area contributed by atoms with Crippen molar-refractivity contribution in [3.8, 4) is 0 Å². The molecular weight excluding hydrogens is 277 g/mol. The van der Waals surface area contributed by atoms with Gasteiger partial charge in [-0.05, 0) is 44.4 Å². The second-order valence-electron chi connectivity index (χ2n) is 3.18. The molecule has 0 spiro atoms. The van der Waals surface area contributed by atoms with Gasteiger partial charge in [0.1, 0.15) is 5.82 Å². The average molecular weight is 286 g/mol. The Kier molecular flexibility index (Phi) is 3.19. The fourth-order valence-electron chi connectivity index (χ4n) is 1.39. The number of rotatable bonds is 2. The third-order valence-corrected chi connectivity index (χ3v) is 3.53. The van der Waals surface area contributed by atoms with Crippen molar-refractivity contribution < 1.29 is 4.39 Å². The average Bonchev–Trinajstić information content (AvgIpc) is 2.74. The van der Waals surface area contributed by atoms with Gasteiger partial charge in [-0.1, -0.05) is 12.1 Å². The maximum atomic E-state index is 13.7. The van der Waals surface area contributed by atoms with Gasteiger partial charge >= 0.3 is 0 Å². The van der Waals surface area contributed by atoms with Crippen LogP contribution in [0.3, 0.4) is 0 Å². The highest BCUT2D eigenvalue weighted by Gasteiger charge is 2.15. The molecule has 1 atom stereocenters. The lowest BCUT2D eigenvalue weighted by Gasteiger charge is -2.12. The van der Waals surface area contributed by atoms with Crippen LogP contribution in [0.2, 0.25) is 0 Å². The number of hydrogen-bond acceptors (Lipinski definition) is 2. The Balaban J connectivity index is 2.42.